The maximum atomic E-state index is 13.5. The molecule has 0 radical (unpaired) electrons. The smallest absolute Gasteiger partial charge is 0.251 e. The number of nitrogen functional groups attached to an aromatic ring is 1. The van der Waals surface area contributed by atoms with E-state index in [0.29, 0.717) is 11.3 Å². The van der Waals surface area contributed by atoms with Gasteiger partial charge in [-0.3, -0.25) is 4.79 Å². The highest BCUT2D eigenvalue weighted by Crippen LogP contribution is 2.17. The zero-order chi connectivity index (χ0) is 13.8. The third-order valence-corrected chi connectivity index (χ3v) is 2.70. The van der Waals surface area contributed by atoms with Gasteiger partial charge in [-0.2, -0.15) is 10.2 Å². The average Bonchev–Trinajstić information content (AvgIpc) is 2.42. The van der Waals surface area contributed by atoms with E-state index in [1.165, 1.54) is 6.07 Å². The number of rotatable bonds is 3. The number of hydrogen-bond acceptors (Lipinski definition) is 4. The van der Waals surface area contributed by atoms with E-state index >= 15 is 0 Å². The SMILES string of the molecule is Cc1c(N)cc(C(=O)NCc2cccnn2)cc1F. The fraction of sp³-hybridized carbons (Fsp3) is 0.154. The lowest BCUT2D eigenvalue weighted by atomic mass is 10.1. The lowest BCUT2D eigenvalue weighted by molar-refractivity contribution is 0.0950. The van der Waals surface area contributed by atoms with Gasteiger partial charge in [0.25, 0.3) is 5.91 Å². The highest BCUT2D eigenvalue weighted by Gasteiger charge is 2.11. The predicted octanol–water partition coefficient (Wildman–Crippen LogP) is 1.44. The molecule has 0 saturated carbocycles. The van der Waals surface area contributed by atoms with Crippen LogP contribution < -0.4 is 11.1 Å². The first-order valence-electron chi connectivity index (χ1n) is 5.68. The fourth-order valence-corrected chi connectivity index (χ4v) is 1.53. The summed E-state index contributed by atoms with van der Waals surface area (Å²) in [4.78, 5) is 11.9. The Bertz CT molecular complexity index is 578. The van der Waals surface area contributed by atoms with Gasteiger partial charge in [-0.05, 0) is 31.2 Å². The quantitative estimate of drug-likeness (QED) is 0.818. The molecule has 1 aromatic heterocycles. The van der Waals surface area contributed by atoms with Gasteiger partial charge in [-0.1, -0.05) is 0 Å². The Morgan fingerprint density at radius 2 is 2.26 bits per heavy atom. The van der Waals surface area contributed by atoms with Crippen LogP contribution in [0.4, 0.5) is 10.1 Å². The van der Waals surface area contributed by atoms with Crippen LogP contribution in [0.15, 0.2) is 30.5 Å². The van der Waals surface area contributed by atoms with Crippen LogP contribution in [0.1, 0.15) is 21.6 Å². The van der Waals surface area contributed by atoms with Crippen molar-refractivity contribution in [2.75, 3.05) is 5.73 Å². The van der Waals surface area contributed by atoms with Crippen LogP contribution in [0, 0.1) is 12.7 Å². The van der Waals surface area contributed by atoms with Gasteiger partial charge in [0.15, 0.2) is 0 Å². The molecular formula is C13H13FN4O. The molecule has 0 aliphatic heterocycles. The lowest BCUT2D eigenvalue weighted by Crippen LogP contribution is -2.23. The normalized spacial score (nSPS) is 10.2. The molecule has 0 saturated heterocycles. The Labute approximate surface area is 109 Å². The van der Waals surface area contributed by atoms with Crippen molar-refractivity contribution in [1.29, 1.82) is 0 Å². The summed E-state index contributed by atoms with van der Waals surface area (Å²) in [5.41, 5.74) is 7.02. The number of carbonyl (C=O) groups is 1. The molecule has 5 nitrogen and oxygen atoms in total. The topological polar surface area (TPSA) is 80.9 Å². The van der Waals surface area contributed by atoms with E-state index in [0.717, 1.165) is 6.07 Å². The summed E-state index contributed by atoms with van der Waals surface area (Å²) in [5.74, 6) is -0.902. The molecule has 0 bridgehead atoms. The summed E-state index contributed by atoms with van der Waals surface area (Å²) < 4.78 is 13.5. The van der Waals surface area contributed by atoms with Gasteiger partial charge < -0.3 is 11.1 Å². The minimum absolute atomic E-state index is 0.185. The van der Waals surface area contributed by atoms with E-state index < -0.39 is 11.7 Å². The molecule has 0 atom stereocenters. The molecule has 19 heavy (non-hydrogen) atoms. The molecule has 2 aromatic rings. The molecule has 1 heterocycles. The summed E-state index contributed by atoms with van der Waals surface area (Å²) >= 11 is 0. The predicted molar refractivity (Wildman–Crippen MR) is 68.8 cm³/mol. The molecule has 0 aliphatic carbocycles. The number of nitrogens with two attached hydrogens (primary N) is 1. The second kappa shape index (κ2) is 5.43. The number of carbonyl (C=O) groups excluding carboxylic acids is 1. The van der Waals surface area contributed by atoms with Crippen molar-refractivity contribution in [2.45, 2.75) is 13.5 Å². The van der Waals surface area contributed by atoms with Gasteiger partial charge in [0.1, 0.15) is 5.82 Å². The van der Waals surface area contributed by atoms with Gasteiger partial charge in [-0.15, -0.1) is 0 Å². The maximum absolute atomic E-state index is 13.5. The van der Waals surface area contributed by atoms with Crippen LogP contribution in [0.25, 0.3) is 0 Å². The second-order valence-electron chi connectivity index (χ2n) is 4.07. The van der Waals surface area contributed by atoms with Crippen molar-refractivity contribution in [3.8, 4) is 0 Å². The van der Waals surface area contributed by atoms with Crippen molar-refractivity contribution in [3.63, 3.8) is 0 Å². The summed E-state index contributed by atoms with van der Waals surface area (Å²) in [6.07, 6.45) is 1.54. The Morgan fingerprint density at radius 1 is 1.47 bits per heavy atom. The standard InChI is InChI=1S/C13H13FN4O/c1-8-11(14)5-9(6-12(8)15)13(19)16-7-10-3-2-4-17-18-10/h2-6H,7,15H2,1H3,(H,16,19). The van der Waals surface area contributed by atoms with Crippen LogP contribution in [0.3, 0.4) is 0 Å². The Kier molecular flexibility index (Phi) is 3.70. The molecule has 3 N–H and O–H groups in total. The first-order chi connectivity index (χ1) is 9.08. The minimum atomic E-state index is -0.496. The zero-order valence-electron chi connectivity index (χ0n) is 10.4. The molecule has 0 aliphatic rings. The van der Waals surface area contributed by atoms with E-state index in [4.69, 9.17) is 5.73 Å². The van der Waals surface area contributed by atoms with Crippen molar-refractivity contribution in [1.82, 2.24) is 15.5 Å². The lowest BCUT2D eigenvalue weighted by Gasteiger charge is -2.07. The average molecular weight is 260 g/mol. The highest BCUT2D eigenvalue weighted by atomic mass is 19.1. The van der Waals surface area contributed by atoms with E-state index in [9.17, 15) is 9.18 Å². The van der Waals surface area contributed by atoms with Gasteiger partial charge in [0.2, 0.25) is 0 Å². The molecule has 2 rings (SSSR count). The molecule has 6 heteroatoms. The van der Waals surface area contributed by atoms with Crippen LogP contribution >= 0.6 is 0 Å². The number of aromatic nitrogens is 2. The van der Waals surface area contributed by atoms with Crippen molar-refractivity contribution < 1.29 is 9.18 Å². The van der Waals surface area contributed by atoms with Crippen molar-refractivity contribution >= 4 is 11.6 Å². The number of anilines is 1. The van der Waals surface area contributed by atoms with E-state index in [-0.39, 0.29) is 17.8 Å². The minimum Gasteiger partial charge on any atom is -0.398 e. The molecule has 1 aromatic carbocycles. The summed E-state index contributed by atoms with van der Waals surface area (Å²) in [6, 6.07) is 6.07. The Morgan fingerprint density at radius 3 is 2.89 bits per heavy atom. The van der Waals surface area contributed by atoms with Crippen LogP contribution in [-0.2, 0) is 6.54 Å². The molecule has 0 unspecified atom stereocenters. The molecule has 98 valence electrons. The van der Waals surface area contributed by atoms with Crippen molar-refractivity contribution in [3.05, 3.63) is 53.1 Å². The van der Waals surface area contributed by atoms with Crippen LogP contribution in [0.2, 0.25) is 0 Å². The number of nitrogens with one attached hydrogen (secondary N) is 1. The summed E-state index contributed by atoms with van der Waals surface area (Å²) in [7, 11) is 0. The molecule has 0 spiro atoms. The fourth-order valence-electron chi connectivity index (χ4n) is 1.53. The van der Waals surface area contributed by atoms with Crippen LogP contribution in [-0.4, -0.2) is 16.1 Å². The summed E-state index contributed by atoms with van der Waals surface area (Å²) in [5, 5.41) is 10.1. The molecule has 0 fully saturated rings. The van der Waals surface area contributed by atoms with E-state index in [2.05, 4.69) is 15.5 Å². The highest BCUT2D eigenvalue weighted by molar-refractivity contribution is 5.95. The third-order valence-electron chi connectivity index (χ3n) is 2.70. The third kappa shape index (κ3) is 3.04. The van der Waals surface area contributed by atoms with Gasteiger partial charge in [0, 0.05) is 23.0 Å². The van der Waals surface area contributed by atoms with Crippen molar-refractivity contribution in [2.24, 2.45) is 0 Å². The van der Waals surface area contributed by atoms with Crippen LogP contribution in [0.5, 0.6) is 0 Å². The first-order valence-corrected chi connectivity index (χ1v) is 5.68. The van der Waals surface area contributed by atoms with E-state index in [1.54, 1.807) is 25.3 Å². The second-order valence-corrected chi connectivity index (χ2v) is 4.07. The maximum Gasteiger partial charge on any atom is 0.251 e. The largest absolute Gasteiger partial charge is 0.398 e. The summed E-state index contributed by atoms with van der Waals surface area (Å²) in [6.45, 7) is 1.79. The number of benzene rings is 1. The Hall–Kier alpha value is -2.50. The zero-order valence-corrected chi connectivity index (χ0v) is 10.4. The number of amides is 1. The molecule has 1 amide bonds. The number of hydrogen-bond donors (Lipinski definition) is 2. The van der Waals surface area contributed by atoms with Gasteiger partial charge in [0.05, 0.1) is 12.2 Å². The number of nitrogens with zero attached hydrogens (tertiary/aromatic N) is 2. The van der Waals surface area contributed by atoms with E-state index in [1.807, 2.05) is 0 Å². The Balaban J connectivity index is 2.08. The van der Waals surface area contributed by atoms with Gasteiger partial charge >= 0.3 is 0 Å². The first kappa shape index (κ1) is 12.9. The monoisotopic (exact) mass is 260 g/mol. The van der Waals surface area contributed by atoms with Gasteiger partial charge in [-0.25, -0.2) is 4.39 Å². The molecular weight excluding hydrogens is 247 g/mol. The number of halogens is 1.